The zero-order valence-electron chi connectivity index (χ0n) is 16.8. The van der Waals surface area contributed by atoms with Gasteiger partial charge < -0.3 is 18.9 Å². The molecule has 8 heteroatoms. The minimum atomic E-state index is -0.534. The van der Waals surface area contributed by atoms with Crippen molar-refractivity contribution >= 4 is 29.3 Å². The third-order valence-electron chi connectivity index (χ3n) is 4.41. The molecule has 1 aromatic heterocycles. The van der Waals surface area contributed by atoms with Gasteiger partial charge >= 0.3 is 5.97 Å². The topological polar surface area (TPSA) is 66.4 Å². The second kappa shape index (κ2) is 9.01. The molecule has 0 fully saturated rings. The van der Waals surface area contributed by atoms with E-state index in [0.717, 1.165) is 4.88 Å². The van der Waals surface area contributed by atoms with Crippen LogP contribution in [0.2, 0.25) is 0 Å². The summed E-state index contributed by atoms with van der Waals surface area (Å²) in [5.41, 5.74) is 1.45. The van der Waals surface area contributed by atoms with Gasteiger partial charge in [-0.2, -0.15) is 0 Å². The molecule has 0 amide bonds. The van der Waals surface area contributed by atoms with E-state index in [1.807, 2.05) is 17.5 Å². The Hall–Kier alpha value is -3.65. The normalized spacial score (nSPS) is 14.4. The van der Waals surface area contributed by atoms with Crippen LogP contribution < -0.4 is 14.2 Å². The number of carbonyl (C=O) groups excluding carboxylic acids is 1. The maximum Gasteiger partial charge on any atom is 0.363 e. The van der Waals surface area contributed by atoms with Crippen LogP contribution in [0.4, 0.5) is 4.39 Å². The summed E-state index contributed by atoms with van der Waals surface area (Å²) in [4.78, 5) is 17.3. The third-order valence-corrected chi connectivity index (χ3v) is 5.27. The van der Waals surface area contributed by atoms with Gasteiger partial charge in [0.05, 0.1) is 19.1 Å². The van der Waals surface area contributed by atoms with Crippen LogP contribution in [0.25, 0.3) is 6.08 Å². The summed E-state index contributed by atoms with van der Waals surface area (Å²) in [6, 6.07) is 13.2. The van der Waals surface area contributed by atoms with E-state index < -0.39 is 5.97 Å². The Kier molecular flexibility index (Phi) is 5.99. The molecule has 1 aliphatic rings. The van der Waals surface area contributed by atoms with Crippen LogP contribution >= 0.6 is 11.3 Å². The van der Waals surface area contributed by atoms with Crippen LogP contribution in [0.1, 0.15) is 16.0 Å². The number of nitrogens with zero attached hydrogens (tertiary/aromatic N) is 1. The second-order valence-electron chi connectivity index (χ2n) is 6.49. The highest BCUT2D eigenvalue weighted by Crippen LogP contribution is 2.40. The lowest BCUT2D eigenvalue weighted by molar-refractivity contribution is -0.129. The quantitative estimate of drug-likeness (QED) is 0.390. The van der Waals surface area contributed by atoms with Crippen molar-refractivity contribution in [3.63, 3.8) is 0 Å². The first kappa shape index (κ1) is 20.6. The molecule has 0 radical (unpaired) electrons. The number of aliphatic imine (C=N–C) groups is 1. The number of thiophene rings is 1. The maximum absolute atomic E-state index is 13.4. The number of hydrogen-bond donors (Lipinski definition) is 0. The van der Waals surface area contributed by atoms with Crippen LogP contribution in [0, 0.1) is 5.82 Å². The van der Waals surface area contributed by atoms with E-state index in [-0.39, 0.29) is 24.0 Å². The fourth-order valence-corrected chi connectivity index (χ4v) is 3.63. The van der Waals surface area contributed by atoms with Crippen LogP contribution in [0.5, 0.6) is 17.2 Å². The Bertz CT molecular complexity index is 1150. The Morgan fingerprint density at radius 3 is 2.52 bits per heavy atom. The molecule has 158 valence electrons. The molecule has 1 aliphatic heterocycles. The summed E-state index contributed by atoms with van der Waals surface area (Å²) in [5, 5.41) is 1.88. The van der Waals surface area contributed by atoms with Gasteiger partial charge in [-0.05, 0) is 52.9 Å². The van der Waals surface area contributed by atoms with Crippen molar-refractivity contribution < 1.29 is 28.1 Å². The second-order valence-corrected chi connectivity index (χ2v) is 7.43. The number of ether oxygens (including phenoxy) is 4. The lowest BCUT2D eigenvalue weighted by Crippen LogP contribution is -2.03. The van der Waals surface area contributed by atoms with E-state index in [2.05, 4.69) is 4.99 Å². The summed E-state index contributed by atoms with van der Waals surface area (Å²) in [6.45, 7) is 0.131. The SMILES string of the molecule is COc1cc(C=C2N=C(c3cccs3)OC2=O)cc(OC)c1OCc1cccc(F)c1. The Labute approximate surface area is 182 Å². The molecule has 0 bridgehead atoms. The third kappa shape index (κ3) is 4.59. The number of hydrogen-bond acceptors (Lipinski definition) is 7. The fraction of sp³-hybridized carbons (Fsp3) is 0.130. The van der Waals surface area contributed by atoms with Crippen LogP contribution in [-0.2, 0) is 16.1 Å². The smallest absolute Gasteiger partial charge is 0.363 e. The Balaban J connectivity index is 1.62. The lowest BCUT2D eigenvalue weighted by atomic mass is 10.1. The summed E-state index contributed by atoms with van der Waals surface area (Å²) in [7, 11) is 3.00. The molecule has 6 nitrogen and oxygen atoms in total. The first-order chi connectivity index (χ1) is 15.1. The van der Waals surface area contributed by atoms with Gasteiger partial charge in [-0.1, -0.05) is 18.2 Å². The molecule has 0 aliphatic carbocycles. The van der Waals surface area contributed by atoms with Gasteiger partial charge in [0.25, 0.3) is 0 Å². The van der Waals surface area contributed by atoms with Crippen molar-refractivity contribution in [1.82, 2.24) is 0 Å². The van der Waals surface area contributed by atoms with Gasteiger partial charge in [0, 0.05) is 0 Å². The summed E-state index contributed by atoms with van der Waals surface area (Å²) >= 11 is 1.43. The number of carbonyl (C=O) groups is 1. The molecule has 0 spiro atoms. The Morgan fingerprint density at radius 2 is 1.87 bits per heavy atom. The minimum Gasteiger partial charge on any atom is -0.493 e. The fourth-order valence-electron chi connectivity index (χ4n) is 2.98. The number of esters is 1. The molecule has 0 saturated heterocycles. The molecule has 31 heavy (non-hydrogen) atoms. The average molecular weight is 439 g/mol. The van der Waals surface area contributed by atoms with Gasteiger partial charge in [-0.25, -0.2) is 14.2 Å². The first-order valence-corrected chi connectivity index (χ1v) is 10.1. The molecular weight excluding hydrogens is 421 g/mol. The van der Waals surface area contributed by atoms with Crippen LogP contribution in [-0.4, -0.2) is 26.1 Å². The van der Waals surface area contributed by atoms with Crippen molar-refractivity contribution in [2.75, 3.05) is 14.2 Å². The number of cyclic esters (lactones) is 1. The molecule has 4 rings (SSSR count). The lowest BCUT2D eigenvalue weighted by Gasteiger charge is -2.15. The van der Waals surface area contributed by atoms with Gasteiger partial charge in [0.15, 0.2) is 17.2 Å². The average Bonchev–Trinajstić information content (AvgIpc) is 3.42. The molecular formula is C23H18FNO5S. The number of halogens is 1. The van der Waals surface area contributed by atoms with E-state index in [9.17, 15) is 9.18 Å². The summed E-state index contributed by atoms with van der Waals surface area (Å²) < 4.78 is 35.4. The largest absolute Gasteiger partial charge is 0.493 e. The predicted octanol–water partition coefficient (Wildman–Crippen LogP) is 4.83. The molecule has 2 aromatic carbocycles. The zero-order valence-corrected chi connectivity index (χ0v) is 17.6. The molecule has 0 N–H and O–H groups in total. The van der Waals surface area contributed by atoms with Gasteiger partial charge in [-0.3, -0.25) is 0 Å². The van der Waals surface area contributed by atoms with E-state index in [1.54, 1.807) is 30.3 Å². The van der Waals surface area contributed by atoms with E-state index >= 15 is 0 Å². The van der Waals surface area contributed by atoms with E-state index in [0.29, 0.717) is 28.4 Å². The summed E-state index contributed by atoms with van der Waals surface area (Å²) in [6.07, 6.45) is 1.59. The predicted molar refractivity (Wildman–Crippen MR) is 115 cm³/mol. The summed E-state index contributed by atoms with van der Waals surface area (Å²) in [5.74, 6) is 0.571. The van der Waals surface area contributed by atoms with Crippen molar-refractivity contribution in [2.45, 2.75) is 6.61 Å². The maximum atomic E-state index is 13.4. The molecule has 3 aromatic rings. The van der Waals surface area contributed by atoms with Crippen molar-refractivity contribution in [3.05, 3.63) is 81.4 Å². The molecule has 2 heterocycles. The molecule has 0 atom stereocenters. The van der Waals surface area contributed by atoms with Crippen molar-refractivity contribution in [1.29, 1.82) is 0 Å². The highest BCUT2D eigenvalue weighted by molar-refractivity contribution is 7.12. The number of rotatable bonds is 7. The van der Waals surface area contributed by atoms with Gasteiger partial charge in [0.1, 0.15) is 12.4 Å². The zero-order chi connectivity index (χ0) is 21.8. The Morgan fingerprint density at radius 1 is 1.10 bits per heavy atom. The van der Waals surface area contributed by atoms with Gasteiger partial charge in [0.2, 0.25) is 11.6 Å². The standard InChI is InChI=1S/C23H18FNO5S/c1-27-18-11-15(10-17-23(26)30-22(25-17)20-7-4-8-31-20)12-19(28-2)21(18)29-13-14-5-3-6-16(24)9-14/h3-12H,13H2,1-2H3. The number of methoxy groups -OCH3 is 2. The molecule has 0 unspecified atom stereocenters. The van der Waals surface area contributed by atoms with Crippen molar-refractivity contribution in [3.8, 4) is 17.2 Å². The monoisotopic (exact) mass is 439 g/mol. The highest BCUT2D eigenvalue weighted by atomic mass is 32.1. The highest BCUT2D eigenvalue weighted by Gasteiger charge is 2.25. The first-order valence-electron chi connectivity index (χ1n) is 9.27. The molecule has 0 saturated carbocycles. The van der Waals surface area contributed by atoms with Crippen LogP contribution in [0.3, 0.4) is 0 Å². The van der Waals surface area contributed by atoms with E-state index in [4.69, 9.17) is 18.9 Å². The van der Waals surface area contributed by atoms with Gasteiger partial charge in [-0.15, -0.1) is 11.3 Å². The van der Waals surface area contributed by atoms with Crippen LogP contribution in [0.15, 0.2) is 64.6 Å². The van der Waals surface area contributed by atoms with E-state index in [1.165, 1.54) is 37.7 Å². The number of benzene rings is 2. The van der Waals surface area contributed by atoms with Crippen molar-refractivity contribution in [2.24, 2.45) is 4.99 Å². The minimum absolute atomic E-state index is 0.131.